The van der Waals surface area contributed by atoms with Crippen LogP contribution in [0.2, 0.25) is 10.0 Å². The molecule has 0 aliphatic carbocycles. The van der Waals surface area contributed by atoms with Crippen molar-refractivity contribution in [3.63, 3.8) is 0 Å². The molecule has 0 spiro atoms. The zero-order valence-electron chi connectivity index (χ0n) is 13.4. The average molecular weight is 363 g/mol. The topological polar surface area (TPSA) is 41.1 Å². The van der Waals surface area contributed by atoms with Crippen LogP contribution in [0.1, 0.15) is 24.1 Å². The van der Waals surface area contributed by atoms with E-state index in [0.717, 1.165) is 24.2 Å². The van der Waals surface area contributed by atoms with Gasteiger partial charge in [0.05, 0.1) is 6.04 Å². The lowest BCUT2D eigenvalue weighted by Crippen LogP contribution is -2.50. The van der Waals surface area contributed by atoms with E-state index in [1.54, 1.807) is 0 Å². The van der Waals surface area contributed by atoms with Gasteiger partial charge in [-0.3, -0.25) is 4.79 Å². The van der Waals surface area contributed by atoms with Gasteiger partial charge < -0.3 is 10.6 Å². The van der Waals surface area contributed by atoms with Crippen molar-refractivity contribution >= 4 is 29.1 Å². The summed E-state index contributed by atoms with van der Waals surface area (Å²) < 4.78 is 0. The molecule has 3 nitrogen and oxygen atoms in total. The van der Waals surface area contributed by atoms with Crippen LogP contribution >= 0.6 is 23.2 Å². The molecule has 126 valence electrons. The van der Waals surface area contributed by atoms with Gasteiger partial charge in [0, 0.05) is 16.0 Å². The summed E-state index contributed by atoms with van der Waals surface area (Å²) in [4.78, 5) is 12.7. The van der Waals surface area contributed by atoms with Crippen molar-refractivity contribution in [3.8, 4) is 0 Å². The predicted octanol–water partition coefficient (Wildman–Crippen LogP) is 4.05. The van der Waals surface area contributed by atoms with Crippen molar-refractivity contribution in [2.75, 3.05) is 13.1 Å². The minimum Gasteiger partial charge on any atom is -0.345 e. The minimum atomic E-state index is -0.293. The van der Waals surface area contributed by atoms with Gasteiger partial charge in [0.1, 0.15) is 0 Å². The molecule has 1 aliphatic heterocycles. The van der Waals surface area contributed by atoms with Crippen molar-refractivity contribution in [3.05, 3.63) is 69.7 Å². The lowest BCUT2D eigenvalue weighted by atomic mass is 9.87. The van der Waals surface area contributed by atoms with Crippen molar-refractivity contribution < 1.29 is 4.79 Å². The van der Waals surface area contributed by atoms with E-state index in [-0.39, 0.29) is 17.9 Å². The molecule has 1 amide bonds. The number of halogens is 2. The van der Waals surface area contributed by atoms with Crippen LogP contribution in [0.15, 0.2) is 48.5 Å². The predicted molar refractivity (Wildman–Crippen MR) is 98.4 cm³/mol. The van der Waals surface area contributed by atoms with Crippen LogP contribution in [0.4, 0.5) is 0 Å². The van der Waals surface area contributed by atoms with E-state index in [0.29, 0.717) is 16.0 Å². The third-order valence-corrected chi connectivity index (χ3v) is 5.24. The van der Waals surface area contributed by atoms with Crippen LogP contribution in [0.25, 0.3) is 0 Å². The van der Waals surface area contributed by atoms with Gasteiger partial charge in [-0.05, 0) is 48.3 Å². The monoisotopic (exact) mass is 362 g/mol. The number of hydrogen-bond acceptors (Lipinski definition) is 2. The molecule has 3 rings (SSSR count). The standard InChI is InChI=1S/C19H20Cl2N2O/c1-12(14-10-22-11-14)19(24)23-18(13-6-8-15(20)9-7-13)16-4-2-3-5-17(16)21/h2-9,12,14,18,22H,10-11H2,1H3,(H,23,24). The highest BCUT2D eigenvalue weighted by Gasteiger charge is 2.30. The van der Waals surface area contributed by atoms with Gasteiger partial charge in [-0.1, -0.05) is 60.5 Å². The van der Waals surface area contributed by atoms with Crippen molar-refractivity contribution in [1.29, 1.82) is 0 Å². The summed E-state index contributed by atoms with van der Waals surface area (Å²) >= 11 is 12.4. The first-order valence-electron chi connectivity index (χ1n) is 8.07. The lowest BCUT2D eigenvalue weighted by molar-refractivity contribution is -0.127. The van der Waals surface area contributed by atoms with E-state index in [4.69, 9.17) is 23.2 Å². The molecule has 0 saturated carbocycles. The number of carbonyl (C=O) groups excluding carboxylic acids is 1. The molecule has 1 saturated heterocycles. The first-order chi connectivity index (χ1) is 11.6. The SMILES string of the molecule is CC(C(=O)NC(c1ccc(Cl)cc1)c1ccccc1Cl)C1CNC1. The zero-order chi connectivity index (χ0) is 17.1. The van der Waals surface area contributed by atoms with E-state index < -0.39 is 0 Å². The van der Waals surface area contributed by atoms with Crippen LogP contribution in [0, 0.1) is 11.8 Å². The summed E-state index contributed by atoms with van der Waals surface area (Å²) in [6.07, 6.45) is 0. The molecule has 2 unspecified atom stereocenters. The number of amides is 1. The summed E-state index contributed by atoms with van der Waals surface area (Å²) in [5, 5.41) is 7.68. The first-order valence-corrected chi connectivity index (χ1v) is 8.83. The van der Waals surface area contributed by atoms with Crippen molar-refractivity contribution in [2.24, 2.45) is 11.8 Å². The lowest BCUT2D eigenvalue weighted by Gasteiger charge is -2.33. The smallest absolute Gasteiger partial charge is 0.223 e. The van der Waals surface area contributed by atoms with Crippen LogP contribution < -0.4 is 10.6 Å². The quantitative estimate of drug-likeness (QED) is 0.841. The van der Waals surface area contributed by atoms with E-state index >= 15 is 0 Å². The fraction of sp³-hybridized carbons (Fsp3) is 0.316. The van der Waals surface area contributed by atoms with E-state index in [1.807, 2.05) is 55.5 Å². The van der Waals surface area contributed by atoms with Gasteiger partial charge in [-0.25, -0.2) is 0 Å². The Balaban J connectivity index is 1.88. The number of hydrogen-bond donors (Lipinski definition) is 2. The second-order valence-electron chi connectivity index (χ2n) is 6.22. The van der Waals surface area contributed by atoms with Gasteiger partial charge in [0.25, 0.3) is 0 Å². The second kappa shape index (κ2) is 7.56. The Morgan fingerprint density at radius 3 is 2.38 bits per heavy atom. The zero-order valence-corrected chi connectivity index (χ0v) is 14.9. The highest BCUT2D eigenvalue weighted by molar-refractivity contribution is 6.31. The normalized spacial score (nSPS) is 17.0. The molecule has 2 aromatic carbocycles. The van der Waals surface area contributed by atoms with Crippen LogP contribution in [0.3, 0.4) is 0 Å². The molecule has 24 heavy (non-hydrogen) atoms. The first kappa shape index (κ1) is 17.3. The third-order valence-electron chi connectivity index (χ3n) is 4.64. The molecule has 1 fully saturated rings. The second-order valence-corrected chi connectivity index (χ2v) is 7.07. The molecule has 0 radical (unpaired) electrons. The van der Waals surface area contributed by atoms with Gasteiger partial charge in [-0.2, -0.15) is 0 Å². The number of rotatable bonds is 5. The Bertz CT molecular complexity index is 714. The van der Waals surface area contributed by atoms with Crippen molar-refractivity contribution in [1.82, 2.24) is 10.6 Å². The Morgan fingerprint density at radius 2 is 1.79 bits per heavy atom. The highest BCUT2D eigenvalue weighted by atomic mass is 35.5. The van der Waals surface area contributed by atoms with E-state index in [1.165, 1.54) is 0 Å². The third kappa shape index (κ3) is 3.75. The fourth-order valence-corrected chi connectivity index (χ4v) is 3.23. The molecule has 5 heteroatoms. The summed E-state index contributed by atoms with van der Waals surface area (Å²) in [5.41, 5.74) is 1.84. The van der Waals surface area contributed by atoms with Gasteiger partial charge in [0.15, 0.2) is 0 Å². The minimum absolute atomic E-state index is 0.0384. The van der Waals surface area contributed by atoms with Crippen LogP contribution in [-0.4, -0.2) is 19.0 Å². The maximum Gasteiger partial charge on any atom is 0.223 e. The summed E-state index contributed by atoms with van der Waals surface area (Å²) in [7, 11) is 0. The summed E-state index contributed by atoms with van der Waals surface area (Å²) in [6, 6.07) is 14.8. The molecule has 0 aromatic heterocycles. The Labute approximate surface area is 152 Å². The molecule has 0 bridgehead atoms. The molecule has 1 aliphatic rings. The van der Waals surface area contributed by atoms with Crippen LogP contribution in [-0.2, 0) is 4.79 Å². The van der Waals surface area contributed by atoms with E-state index in [9.17, 15) is 4.79 Å². The Hall–Kier alpha value is -1.55. The van der Waals surface area contributed by atoms with Crippen LogP contribution in [0.5, 0.6) is 0 Å². The molecular formula is C19H20Cl2N2O. The average Bonchev–Trinajstić information content (AvgIpc) is 2.52. The van der Waals surface area contributed by atoms with Gasteiger partial charge >= 0.3 is 0 Å². The van der Waals surface area contributed by atoms with Gasteiger partial charge in [-0.15, -0.1) is 0 Å². The van der Waals surface area contributed by atoms with Crippen molar-refractivity contribution in [2.45, 2.75) is 13.0 Å². The molecule has 2 atom stereocenters. The Morgan fingerprint density at radius 1 is 1.12 bits per heavy atom. The summed E-state index contributed by atoms with van der Waals surface area (Å²) in [5.74, 6) is 0.395. The van der Waals surface area contributed by atoms with E-state index in [2.05, 4.69) is 10.6 Å². The van der Waals surface area contributed by atoms with Gasteiger partial charge in [0.2, 0.25) is 5.91 Å². The number of carbonyl (C=O) groups is 1. The number of benzene rings is 2. The molecule has 2 aromatic rings. The molecule has 1 heterocycles. The molecule has 2 N–H and O–H groups in total. The fourth-order valence-electron chi connectivity index (χ4n) is 2.86. The maximum atomic E-state index is 12.7. The highest BCUT2D eigenvalue weighted by Crippen LogP contribution is 2.30. The largest absolute Gasteiger partial charge is 0.345 e. The summed E-state index contributed by atoms with van der Waals surface area (Å²) in [6.45, 7) is 3.77. The molecular weight excluding hydrogens is 343 g/mol. The number of nitrogens with one attached hydrogen (secondary N) is 2. The Kier molecular flexibility index (Phi) is 5.44. The maximum absolute atomic E-state index is 12.7.